The van der Waals surface area contributed by atoms with Gasteiger partial charge in [0.05, 0.1) is 15.5 Å². The molecule has 0 aliphatic heterocycles. The maximum absolute atomic E-state index is 9.12. The topological polar surface area (TPSA) is 36.7 Å². The van der Waals surface area contributed by atoms with Crippen LogP contribution in [0.25, 0.3) is 0 Å². The van der Waals surface area contributed by atoms with Crippen molar-refractivity contribution in [1.29, 1.82) is 5.26 Å². The Morgan fingerprint density at radius 3 is 2.88 bits per heavy atom. The standard InChI is InChI=1S/C12H10N2S2/c1-8-6-11(10(7-13)9(2)14-8)16-12-4-3-5-15-12/h3-6H,1-2H3. The molecule has 0 spiro atoms. The first-order valence-corrected chi connectivity index (χ1v) is 6.50. The molecule has 0 atom stereocenters. The van der Waals surface area contributed by atoms with Gasteiger partial charge in [0.25, 0.3) is 0 Å². The van der Waals surface area contributed by atoms with Gasteiger partial charge in [-0.3, -0.25) is 4.98 Å². The third-order valence-corrected chi connectivity index (χ3v) is 4.19. The zero-order valence-corrected chi connectivity index (χ0v) is 10.7. The first-order chi connectivity index (χ1) is 7.70. The zero-order chi connectivity index (χ0) is 11.5. The number of aryl methyl sites for hydroxylation is 2. The largest absolute Gasteiger partial charge is 0.257 e. The number of aromatic nitrogens is 1. The summed E-state index contributed by atoms with van der Waals surface area (Å²) in [6.45, 7) is 3.83. The maximum atomic E-state index is 9.12. The Balaban J connectivity index is 2.44. The molecule has 2 aromatic rings. The normalized spacial score (nSPS) is 10.1. The van der Waals surface area contributed by atoms with Crippen molar-refractivity contribution < 1.29 is 0 Å². The van der Waals surface area contributed by atoms with Gasteiger partial charge in [-0.1, -0.05) is 17.8 Å². The number of thiophene rings is 1. The molecule has 0 fully saturated rings. The summed E-state index contributed by atoms with van der Waals surface area (Å²) in [6.07, 6.45) is 0. The van der Waals surface area contributed by atoms with Gasteiger partial charge in [0, 0.05) is 10.6 Å². The molecule has 0 saturated heterocycles. The highest BCUT2D eigenvalue weighted by molar-refractivity contribution is 8.01. The van der Waals surface area contributed by atoms with Crippen molar-refractivity contribution in [2.45, 2.75) is 23.0 Å². The van der Waals surface area contributed by atoms with Gasteiger partial charge < -0.3 is 0 Å². The third kappa shape index (κ3) is 2.26. The molecular weight excluding hydrogens is 236 g/mol. The fraction of sp³-hybridized carbons (Fsp3) is 0.167. The minimum Gasteiger partial charge on any atom is -0.257 e. The van der Waals surface area contributed by atoms with Crippen molar-refractivity contribution in [1.82, 2.24) is 4.98 Å². The minimum absolute atomic E-state index is 0.684. The third-order valence-electron chi connectivity index (χ3n) is 2.11. The van der Waals surface area contributed by atoms with Crippen molar-refractivity contribution in [2.75, 3.05) is 0 Å². The van der Waals surface area contributed by atoms with E-state index in [1.165, 1.54) is 4.21 Å². The van der Waals surface area contributed by atoms with Crippen LogP contribution in [0.15, 0.2) is 32.7 Å². The number of hydrogen-bond acceptors (Lipinski definition) is 4. The summed E-state index contributed by atoms with van der Waals surface area (Å²) < 4.78 is 1.20. The highest BCUT2D eigenvalue weighted by Gasteiger charge is 2.09. The number of nitriles is 1. The molecule has 0 unspecified atom stereocenters. The number of hydrogen-bond donors (Lipinski definition) is 0. The molecule has 0 radical (unpaired) electrons. The number of nitrogens with zero attached hydrogens (tertiary/aromatic N) is 2. The van der Waals surface area contributed by atoms with E-state index >= 15 is 0 Å². The van der Waals surface area contributed by atoms with Gasteiger partial charge in [-0.2, -0.15) is 5.26 Å². The van der Waals surface area contributed by atoms with Crippen molar-refractivity contribution >= 4 is 23.1 Å². The van der Waals surface area contributed by atoms with Crippen LogP contribution in [0.3, 0.4) is 0 Å². The molecule has 0 amide bonds. The lowest BCUT2D eigenvalue weighted by molar-refractivity contribution is 1.07. The Hall–Kier alpha value is -1.31. The van der Waals surface area contributed by atoms with Crippen molar-refractivity contribution in [3.8, 4) is 6.07 Å². The van der Waals surface area contributed by atoms with E-state index < -0.39 is 0 Å². The zero-order valence-electron chi connectivity index (χ0n) is 9.02. The minimum atomic E-state index is 0.684. The van der Waals surface area contributed by atoms with Gasteiger partial charge in [-0.05, 0) is 31.4 Å². The predicted molar refractivity (Wildman–Crippen MR) is 66.9 cm³/mol. The van der Waals surface area contributed by atoms with Crippen LogP contribution in [0, 0.1) is 25.2 Å². The van der Waals surface area contributed by atoms with Crippen LogP contribution in [-0.4, -0.2) is 4.98 Å². The van der Waals surface area contributed by atoms with Crippen molar-refractivity contribution in [3.05, 3.63) is 40.5 Å². The molecule has 0 bridgehead atoms. The average Bonchev–Trinajstić information content (AvgIpc) is 2.70. The smallest absolute Gasteiger partial charge is 0.102 e. The molecule has 2 aromatic heterocycles. The SMILES string of the molecule is Cc1cc(Sc2cccs2)c(C#N)c(C)n1. The molecule has 2 heterocycles. The van der Waals surface area contributed by atoms with E-state index in [-0.39, 0.29) is 0 Å². The van der Waals surface area contributed by atoms with E-state index in [0.29, 0.717) is 5.56 Å². The van der Waals surface area contributed by atoms with Gasteiger partial charge in [0.15, 0.2) is 0 Å². The predicted octanol–water partition coefficient (Wildman–Crippen LogP) is 3.78. The molecule has 2 rings (SSSR count). The second-order valence-electron chi connectivity index (χ2n) is 3.37. The summed E-state index contributed by atoms with van der Waals surface area (Å²) in [6, 6.07) is 8.26. The molecule has 16 heavy (non-hydrogen) atoms. The molecule has 0 saturated carbocycles. The Bertz CT molecular complexity index is 539. The molecule has 0 aromatic carbocycles. The second-order valence-corrected chi connectivity index (χ2v) is 5.66. The Labute approximate surface area is 103 Å². The van der Waals surface area contributed by atoms with E-state index in [9.17, 15) is 0 Å². The van der Waals surface area contributed by atoms with Gasteiger partial charge in [-0.15, -0.1) is 11.3 Å². The van der Waals surface area contributed by atoms with Crippen LogP contribution in [0.1, 0.15) is 17.0 Å². The molecule has 0 aliphatic rings. The van der Waals surface area contributed by atoms with Gasteiger partial charge in [-0.25, -0.2) is 0 Å². The quantitative estimate of drug-likeness (QED) is 0.809. The lowest BCUT2D eigenvalue weighted by atomic mass is 10.2. The summed E-state index contributed by atoms with van der Waals surface area (Å²) in [5, 5.41) is 11.2. The monoisotopic (exact) mass is 246 g/mol. The number of rotatable bonds is 2. The van der Waals surface area contributed by atoms with Crippen LogP contribution in [0.4, 0.5) is 0 Å². The van der Waals surface area contributed by atoms with Crippen LogP contribution >= 0.6 is 23.1 Å². The fourth-order valence-corrected chi connectivity index (χ4v) is 3.40. The highest BCUT2D eigenvalue weighted by atomic mass is 32.2. The molecule has 0 N–H and O–H groups in total. The van der Waals surface area contributed by atoms with Crippen LogP contribution < -0.4 is 0 Å². The Morgan fingerprint density at radius 2 is 2.25 bits per heavy atom. The van der Waals surface area contributed by atoms with Gasteiger partial charge in [0.1, 0.15) is 6.07 Å². The Kier molecular flexibility index (Phi) is 3.28. The van der Waals surface area contributed by atoms with Gasteiger partial charge >= 0.3 is 0 Å². The van der Waals surface area contributed by atoms with E-state index in [4.69, 9.17) is 5.26 Å². The molecule has 2 nitrogen and oxygen atoms in total. The second kappa shape index (κ2) is 4.69. The average molecular weight is 246 g/mol. The molecule has 80 valence electrons. The summed E-state index contributed by atoms with van der Waals surface area (Å²) >= 11 is 3.31. The van der Waals surface area contributed by atoms with E-state index in [0.717, 1.165) is 16.3 Å². The summed E-state index contributed by atoms with van der Waals surface area (Å²) in [4.78, 5) is 5.30. The molecule has 0 aliphatic carbocycles. The molecule has 4 heteroatoms. The summed E-state index contributed by atoms with van der Waals surface area (Å²) in [5.74, 6) is 0. The lowest BCUT2D eigenvalue weighted by Crippen LogP contribution is -1.93. The van der Waals surface area contributed by atoms with E-state index in [2.05, 4.69) is 17.1 Å². The van der Waals surface area contributed by atoms with Crippen LogP contribution in [-0.2, 0) is 0 Å². The van der Waals surface area contributed by atoms with Crippen molar-refractivity contribution in [3.63, 3.8) is 0 Å². The van der Waals surface area contributed by atoms with E-state index in [1.807, 2.05) is 31.4 Å². The summed E-state index contributed by atoms with van der Waals surface area (Å²) in [7, 11) is 0. The van der Waals surface area contributed by atoms with E-state index in [1.54, 1.807) is 23.1 Å². The van der Waals surface area contributed by atoms with Crippen molar-refractivity contribution in [2.24, 2.45) is 0 Å². The molecular formula is C12H10N2S2. The maximum Gasteiger partial charge on any atom is 0.102 e. The van der Waals surface area contributed by atoms with Crippen LogP contribution in [0.2, 0.25) is 0 Å². The fourth-order valence-electron chi connectivity index (χ4n) is 1.44. The lowest BCUT2D eigenvalue weighted by Gasteiger charge is -2.05. The number of pyridine rings is 1. The summed E-state index contributed by atoms with van der Waals surface area (Å²) in [5.41, 5.74) is 2.45. The highest BCUT2D eigenvalue weighted by Crippen LogP contribution is 2.34. The Morgan fingerprint density at radius 1 is 1.44 bits per heavy atom. The van der Waals surface area contributed by atoms with Gasteiger partial charge in [0.2, 0.25) is 0 Å². The first-order valence-electron chi connectivity index (χ1n) is 4.80. The van der Waals surface area contributed by atoms with Crippen LogP contribution in [0.5, 0.6) is 0 Å². The first kappa shape index (κ1) is 11.2.